The van der Waals surface area contributed by atoms with Crippen LogP contribution in [0.2, 0.25) is 0 Å². The fraction of sp³-hybridized carbons (Fsp3) is 0.167. The second-order valence-electron chi connectivity index (χ2n) is 7.72. The number of anilines is 2. The highest BCUT2D eigenvalue weighted by atomic mass is 16.7. The van der Waals surface area contributed by atoms with Crippen molar-refractivity contribution in [1.29, 1.82) is 0 Å². The van der Waals surface area contributed by atoms with E-state index in [0.717, 1.165) is 10.5 Å². The third kappa shape index (κ3) is 3.39. The standard InChI is InChI=1S/C24H19N3O6/c1-32-19-13-11-17(12-14-19)26-21(15-5-3-2-4-6-15)20-22(33-26)24(29)25(23(20)28)16-7-9-18(10-8-16)27(30)31/h2-14,20-22H,1H3/t20-,21-,22-/m1/s1. The minimum Gasteiger partial charge on any atom is -0.497 e. The molecule has 0 N–H and O–H groups in total. The van der Waals surface area contributed by atoms with Crippen LogP contribution in [0.3, 0.4) is 0 Å². The predicted octanol–water partition coefficient (Wildman–Crippen LogP) is 3.65. The first kappa shape index (κ1) is 20.7. The van der Waals surface area contributed by atoms with Gasteiger partial charge in [0.05, 0.1) is 29.4 Å². The first-order valence-corrected chi connectivity index (χ1v) is 10.3. The van der Waals surface area contributed by atoms with Gasteiger partial charge in [-0.3, -0.25) is 24.5 Å². The summed E-state index contributed by atoms with van der Waals surface area (Å²) in [7, 11) is 1.57. The molecule has 0 radical (unpaired) electrons. The fourth-order valence-electron chi connectivity index (χ4n) is 4.33. The Labute approximate surface area is 188 Å². The molecule has 2 saturated heterocycles. The van der Waals surface area contributed by atoms with Crippen molar-refractivity contribution in [3.8, 4) is 5.75 Å². The van der Waals surface area contributed by atoms with E-state index in [1.807, 2.05) is 30.3 Å². The van der Waals surface area contributed by atoms with Gasteiger partial charge in [0.25, 0.3) is 11.6 Å². The summed E-state index contributed by atoms with van der Waals surface area (Å²) in [6.07, 6.45) is -1.01. The Hall–Kier alpha value is -4.24. The topological polar surface area (TPSA) is 102 Å². The van der Waals surface area contributed by atoms with Crippen molar-refractivity contribution < 1.29 is 24.1 Å². The average Bonchev–Trinajstić information content (AvgIpc) is 3.35. The van der Waals surface area contributed by atoms with Crippen molar-refractivity contribution in [1.82, 2.24) is 0 Å². The summed E-state index contributed by atoms with van der Waals surface area (Å²) in [5.41, 5.74) is 1.66. The van der Waals surface area contributed by atoms with E-state index in [2.05, 4.69) is 0 Å². The molecule has 2 aliphatic rings. The van der Waals surface area contributed by atoms with E-state index in [-0.39, 0.29) is 11.4 Å². The van der Waals surface area contributed by atoms with Gasteiger partial charge in [0.1, 0.15) is 11.7 Å². The Morgan fingerprint density at radius 1 is 0.879 bits per heavy atom. The van der Waals surface area contributed by atoms with Crippen molar-refractivity contribution >= 4 is 28.9 Å². The molecule has 5 rings (SSSR count). The van der Waals surface area contributed by atoms with Gasteiger partial charge in [0.2, 0.25) is 5.91 Å². The molecule has 2 aliphatic heterocycles. The number of methoxy groups -OCH3 is 1. The lowest BCUT2D eigenvalue weighted by molar-refractivity contribution is -0.384. The summed E-state index contributed by atoms with van der Waals surface area (Å²) in [6, 6.07) is 21.3. The highest BCUT2D eigenvalue weighted by Gasteiger charge is 2.60. The van der Waals surface area contributed by atoms with E-state index in [1.165, 1.54) is 24.3 Å². The zero-order valence-corrected chi connectivity index (χ0v) is 17.5. The number of hydroxylamine groups is 1. The maximum Gasteiger partial charge on any atom is 0.269 e. The Bertz CT molecular complexity index is 1210. The van der Waals surface area contributed by atoms with Gasteiger partial charge in [0.15, 0.2) is 6.10 Å². The first-order valence-electron chi connectivity index (χ1n) is 10.3. The van der Waals surface area contributed by atoms with E-state index >= 15 is 0 Å². The van der Waals surface area contributed by atoms with Crippen LogP contribution in [0, 0.1) is 16.0 Å². The molecular formula is C24H19N3O6. The van der Waals surface area contributed by atoms with Crippen LogP contribution < -0.4 is 14.7 Å². The lowest BCUT2D eigenvalue weighted by atomic mass is 9.90. The van der Waals surface area contributed by atoms with Crippen molar-refractivity contribution in [2.75, 3.05) is 17.1 Å². The molecule has 0 unspecified atom stereocenters. The smallest absolute Gasteiger partial charge is 0.269 e. The zero-order valence-electron chi connectivity index (χ0n) is 17.5. The number of carbonyl (C=O) groups is 2. The Kier molecular flexibility index (Phi) is 5.02. The first-order chi connectivity index (χ1) is 16.0. The number of hydrogen-bond donors (Lipinski definition) is 0. The lowest BCUT2D eigenvalue weighted by Crippen LogP contribution is -2.37. The molecule has 2 heterocycles. The minimum atomic E-state index is -1.01. The maximum atomic E-state index is 13.5. The molecule has 166 valence electrons. The van der Waals surface area contributed by atoms with Crippen LogP contribution in [0.4, 0.5) is 17.1 Å². The van der Waals surface area contributed by atoms with Crippen LogP contribution in [0.5, 0.6) is 5.75 Å². The third-order valence-electron chi connectivity index (χ3n) is 5.90. The molecule has 3 aromatic rings. The molecule has 2 fully saturated rings. The van der Waals surface area contributed by atoms with Crippen LogP contribution in [0.25, 0.3) is 0 Å². The second kappa shape index (κ2) is 8.03. The molecule has 0 spiro atoms. The SMILES string of the molecule is COc1ccc(N2O[C@H]3C(=O)N(c4ccc([N+](=O)[O-])cc4)C(=O)[C@@H]3[C@H]2c2ccccc2)cc1. The monoisotopic (exact) mass is 445 g/mol. The minimum absolute atomic E-state index is 0.123. The number of nitrogens with zero attached hydrogens (tertiary/aromatic N) is 3. The molecule has 3 aromatic carbocycles. The second-order valence-corrected chi connectivity index (χ2v) is 7.72. The van der Waals surface area contributed by atoms with E-state index in [9.17, 15) is 19.7 Å². The number of amides is 2. The van der Waals surface area contributed by atoms with Crippen LogP contribution >= 0.6 is 0 Å². The number of rotatable bonds is 5. The molecule has 2 amide bonds. The van der Waals surface area contributed by atoms with Gasteiger partial charge in [-0.05, 0) is 42.0 Å². The number of fused-ring (bicyclic) bond motifs is 1. The van der Waals surface area contributed by atoms with Crippen molar-refractivity contribution in [3.05, 3.63) is 94.5 Å². The average molecular weight is 445 g/mol. The molecule has 33 heavy (non-hydrogen) atoms. The highest BCUT2D eigenvalue weighted by Crippen LogP contribution is 2.47. The van der Waals surface area contributed by atoms with Crippen LogP contribution in [0.1, 0.15) is 11.6 Å². The number of non-ortho nitro benzene ring substituents is 1. The van der Waals surface area contributed by atoms with Crippen molar-refractivity contribution in [3.63, 3.8) is 0 Å². The highest BCUT2D eigenvalue weighted by molar-refractivity contribution is 6.23. The summed E-state index contributed by atoms with van der Waals surface area (Å²) < 4.78 is 5.22. The zero-order chi connectivity index (χ0) is 23.1. The Morgan fingerprint density at radius 2 is 1.52 bits per heavy atom. The van der Waals surface area contributed by atoms with E-state index in [4.69, 9.17) is 9.57 Å². The van der Waals surface area contributed by atoms with Crippen LogP contribution in [-0.2, 0) is 14.4 Å². The number of nitro groups is 1. The molecule has 0 aromatic heterocycles. The van der Waals surface area contributed by atoms with E-state index < -0.39 is 34.8 Å². The number of imide groups is 1. The number of nitro benzene ring substituents is 1. The lowest BCUT2D eigenvalue weighted by Gasteiger charge is -2.28. The van der Waals surface area contributed by atoms with E-state index in [1.54, 1.807) is 36.4 Å². The summed E-state index contributed by atoms with van der Waals surface area (Å²) in [5, 5.41) is 12.6. The molecule has 9 heteroatoms. The van der Waals surface area contributed by atoms with Crippen molar-refractivity contribution in [2.45, 2.75) is 12.1 Å². The van der Waals surface area contributed by atoms with Gasteiger partial charge in [-0.25, -0.2) is 9.96 Å². The largest absolute Gasteiger partial charge is 0.497 e. The van der Waals surface area contributed by atoms with Gasteiger partial charge in [-0.15, -0.1) is 0 Å². The Balaban J connectivity index is 1.53. The summed E-state index contributed by atoms with van der Waals surface area (Å²) in [6.45, 7) is 0. The molecule has 0 bridgehead atoms. The summed E-state index contributed by atoms with van der Waals surface area (Å²) in [5.74, 6) is -1.03. The van der Waals surface area contributed by atoms with Gasteiger partial charge in [0, 0.05) is 12.1 Å². The third-order valence-corrected chi connectivity index (χ3v) is 5.90. The molecule has 3 atom stereocenters. The quantitative estimate of drug-likeness (QED) is 0.336. The number of hydrogen-bond acceptors (Lipinski definition) is 7. The van der Waals surface area contributed by atoms with Gasteiger partial charge < -0.3 is 4.74 Å². The fourth-order valence-corrected chi connectivity index (χ4v) is 4.33. The summed E-state index contributed by atoms with van der Waals surface area (Å²) in [4.78, 5) is 44.4. The molecule has 9 nitrogen and oxygen atoms in total. The van der Waals surface area contributed by atoms with Crippen molar-refractivity contribution in [2.24, 2.45) is 5.92 Å². The predicted molar refractivity (Wildman–Crippen MR) is 119 cm³/mol. The maximum absolute atomic E-state index is 13.5. The molecule has 0 aliphatic carbocycles. The number of carbonyl (C=O) groups excluding carboxylic acids is 2. The van der Waals surface area contributed by atoms with Gasteiger partial charge in [-0.1, -0.05) is 30.3 Å². The van der Waals surface area contributed by atoms with Gasteiger partial charge in [-0.2, -0.15) is 0 Å². The van der Waals surface area contributed by atoms with Crippen LogP contribution in [-0.4, -0.2) is 30.0 Å². The Morgan fingerprint density at radius 3 is 2.12 bits per heavy atom. The van der Waals surface area contributed by atoms with Crippen LogP contribution in [0.15, 0.2) is 78.9 Å². The normalized spacial score (nSPS) is 21.9. The van der Waals surface area contributed by atoms with Gasteiger partial charge >= 0.3 is 0 Å². The molecule has 0 saturated carbocycles. The summed E-state index contributed by atoms with van der Waals surface area (Å²) >= 11 is 0. The number of benzene rings is 3. The van der Waals surface area contributed by atoms with E-state index in [0.29, 0.717) is 11.4 Å². The number of ether oxygens (including phenoxy) is 1. The molecular weight excluding hydrogens is 426 g/mol.